The molecular formula is C21H23FN2. The van der Waals surface area contributed by atoms with Gasteiger partial charge in [-0.05, 0) is 69.0 Å². The molecule has 1 heterocycles. The fourth-order valence-electron chi connectivity index (χ4n) is 2.40. The molecule has 0 aliphatic heterocycles. The topological polar surface area (TPSA) is 25.2 Å². The number of aromatic nitrogens is 1. The molecule has 0 aliphatic rings. The van der Waals surface area contributed by atoms with Gasteiger partial charge in [-0.25, -0.2) is 4.39 Å². The monoisotopic (exact) mass is 322 g/mol. The third-order valence-corrected chi connectivity index (χ3v) is 3.73. The second-order valence-corrected chi connectivity index (χ2v) is 6.03. The summed E-state index contributed by atoms with van der Waals surface area (Å²) in [5, 5.41) is 0. The van der Waals surface area contributed by atoms with Crippen molar-refractivity contribution in [2.24, 2.45) is 4.99 Å². The highest BCUT2D eigenvalue weighted by atomic mass is 19.1. The number of pyridine rings is 1. The standard InChI is InChI=1S/C21H23FN2/c1-5-20(15(2)3)24-21(18-12-16(4)13-23-14-18)11-8-17-6-9-19(22)10-7-17/h5-7,9-10,12-14H,1,8,11H2,2-4H3. The van der Waals surface area contributed by atoms with Crippen molar-refractivity contribution in [1.29, 1.82) is 0 Å². The molecule has 1 aromatic carbocycles. The number of rotatable bonds is 6. The van der Waals surface area contributed by atoms with Gasteiger partial charge in [-0.15, -0.1) is 0 Å². The van der Waals surface area contributed by atoms with Gasteiger partial charge in [0.1, 0.15) is 5.82 Å². The summed E-state index contributed by atoms with van der Waals surface area (Å²) in [6.07, 6.45) is 6.98. The predicted octanol–water partition coefficient (Wildman–Crippen LogP) is 5.43. The first-order valence-corrected chi connectivity index (χ1v) is 8.03. The molecule has 0 saturated heterocycles. The molecular weight excluding hydrogens is 299 g/mol. The molecule has 0 bridgehead atoms. The molecule has 24 heavy (non-hydrogen) atoms. The molecule has 3 heteroatoms. The largest absolute Gasteiger partial charge is 0.264 e. The van der Waals surface area contributed by atoms with Crippen LogP contribution in [0.2, 0.25) is 0 Å². The summed E-state index contributed by atoms with van der Waals surface area (Å²) in [6.45, 7) is 9.91. The molecule has 0 aliphatic carbocycles. The molecule has 0 unspecified atom stereocenters. The Kier molecular flexibility index (Phi) is 6.19. The van der Waals surface area contributed by atoms with Gasteiger partial charge in [0.15, 0.2) is 0 Å². The zero-order chi connectivity index (χ0) is 17.5. The highest BCUT2D eigenvalue weighted by Gasteiger charge is 2.07. The van der Waals surface area contributed by atoms with Gasteiger partial charge in [0.2, 0.25) is 0 Å². The Balaban J connectivity index is 2.32. The summed E-state index contributed by atoms with van der Waals surface area (Å²) >= 11 is 0. The van der Waals surface area contributed by atoms with E-state index in [0.717, 1.165) is 46.5 Å². The number of nitrogens with zero attached hydrogens (tertiary/aromatic N) is 2. The lowest BCUT2D eigenvalue weighted by Crippen LogP contribution is -2.05. The van der Waals surface area contributed by atoms with E-state index < -0.39 is 0 Å². The Labute approximate surface area is 143 Å². The Hall–Kier alpha value is -2.55. The van der Waals surface area contributed by atoms with E-state index in [9.17, 15) is 4.39 Å². The molecule has 0 spiro atoms. The van der Waals surface area contributed by atoms with Gasteiger partial charge in [0.05, 0.1) is 11.4 Å². The summed E-state index contributed by atoms with van der Waals surface area (Å²) in [5.41, 5.74) is 6.15. The normalized spacial score (nSPS) is 11.2. The number of allylic oxidation sites excluding steroid dienone is 2. The molecule has 0 N–H and O–H groups in total. The van der Waals surface area contributed by atoms with Crippen molar-refractivity contribution in [2.45, 2.75) is 33.6 Å². The van der Waals surface area contributed by atoms with Crippen LogP contribution in [0.5, 0.6) is 0 Å². The quantitative estimate of drug-likeness (QED) is 0.514. The molecule has 0 radical (unpaired) electrons. The van der Waals surface area contributed by atoms with Crippen LogP contribution < -0.4 is 0 Å². The summed E-state index contributed by atoms with van der Waals surface area (Å²) in [5.74, 6) is -0.214. The van der Waals surface area contributed by atoms with Crippen molar-refractivity contribution in [3.63, 3.8) is 0 Å². The molecule has 0 atom stereocenters. The van der Waals surface area contributed by atoms with E-state index in [-0.39, 0.29) is 5.82 Å². The van der Waals surface area contributed by atoms with Crippen molar-refractivity contribution in [3.8, 4) is 0 Å². The average molecular weight is 322 g/mol. The van der Waals surface area contributed by atoms with Crippen molar-refractivity contribution < 1.29 is 4.39 Å². The van der Waals surface area contributed by atoms with Crippen LogP contribution in [0, 0.1) is 12.7 Å². The highest BCUT2D eigenvalue weighted by Crippen LogP contribution is 2.15. The minimum absolute atomic E-state index is 0.214. The van der Waals surface area contributed by atoms with Crippen LogP contribution in [-0.2, 0) is 6.42 Å². The number of aryl methyl sites for hydroxylation is 2. The summed E-state index contributed by atoms with van der Waals surface area (Å²) in [7, 11) is 0. The minimum atomic E-state index is -0.214. The molecule has 2 rings (SSSR count). The third-order valence-electron chi connectivity index (χ3n) is 3.73. The van der Waals surface area contributed by atoms with E-state index in [2.05, 4.69) is 17.6 Å². The Morgan fingerprint density at radius 2 is 1.92 bits per heavy atom. The van der Waals surface area contributed by atoms with Gasteiger partial charge in [0.25, 0.3) is 0 Å². The first-order chi connectivity index (χ1) is 11.5. The van der Waals surface area contributed by atoms with Gasteiger partial charge in [0, 0.05) is 18.0 Å². The minimum Gasteiger partial charge on any atom is -0.264 e. The predicted molar refractivity (Wildman–Crippen MR) is 98.8 cm³/mol. The van der Waals surface area contributed by atoms with Crippen LogP contribution in [0.3, 0.4) is 0 Å². The zero-order valence-corrected chi connectivity index (χ0v) is 14.5. The van der Waals surface area contributed by atoms with Crippen LogP contribution in [0.1, 0.15) is 37.0 Å². The lowest BCUT2D eigenvalue weighted by atomic mass is 10.0. The van der Waals surface area contributed by atoms with Crippen LogP contribution in [-0.4, -0.2) is 10.7 Å². The van der Waals surface area contributed by atoms with Crippen LogP contribution in [0.4, 0.5) is 4.39 Å². The lowest BCUT2D eigenvalue weighted by Gasteiger charge is -2.09. The van der Waals surface area contributed by atoms with Gasteiger partial charge in [-0.3, -0.25) is 9.98 Å². The molecule has 1 aromatic heterocycles. The van der Waals surface area contributed by atoms with Crippen molar-refractivity contribution in [1.82, 2.24) is 4.98 Å². The lowest BCUT2D eigenvalue weighted by molar-refractivity contribution is 0.627. The number of halogens is 1. The SMILES string of the molecule is C=CC(N=C(CCc1ccc(F)cc1)c1cncc(C)c1)=C(C)C. The van der Waals surface area contributed by atoms with E-state index in [1.54, 1.807) is 6.08 Å². The molecule has 0 saturated carbocycles. The molecule has 2 nitrogen and oxygen atoms in total. The molecule has 124 valence electrons. The number of benzene rings is 1. The van der Waals surface area contributed by atoms with Gasteiger partial charge >= 0.3 is 0 Å². The van der Waals surface area contributed by atoms with Gasteiger partial charge < -0.3 is 0 Å². The van der Waals surface area contributed by atoms with Crippen LogP contribution in [0.25, 0.3) is 0 Å². The van der Waals surface area contributed by atoms with E-state index in [1.807, 2.05) is 45.3 Å². The Morgan fingerprint density at radius 3 is 2.50 bits per heavy atom. The van der Waals surface area contributed by atoms with E-state index in [4.69, 9.17) is 4.99 Å². The highest BCUT2D eigenvalue weighted by molar-refractivity contribution is 6.01. The Morgan fingerprint density at radius 1 is 1.21 bits per heavy atom. The fourth-order valence-corrected chi connectivity index (χ4v) is 2.40. The zero-order valence-electron chi connectivity index (χ0n) is 14.5. The first-order valence-electron chi connectivity index (χ1n) is 8.03. The number of hydrogen-bond acceptors (Lipinski definition) is 2. The molecule has 0 fully saturated rings. The summed E-state index contributed by atoms with van der Waals surface area (Å²) < 4.78 is 13.1. The van der Waals surface area contributed by atoms with Crippen molar-refractivity contribution in [2.75, 3.05) is 0 Å². The number of hydrogen-bond donors (Lipinski definition) is 0. The van der Waals surface area contributed by atoms with Crippen molar-refractivity contribution >= 4 is 5.71 Å². The molecule has 0 amide bonds. The van der Waals surface area contributed by atoms with E-state index in [0.29, 0.717) is 0 Å². The smallest absolute Gasteiger partial charge is 0.123 e. The maximum Gasteiger partial charge on any atom is 0.123 e. The van der Waals surface area contributed by atoms with E-state index in [1.165, 1.54) is 12.1 Å². The van der Waals surface area contributed by atoms with Crippen molar-refractivity contribution in [3.05, 3.63) is 89.2 Å². The maximum atomic E-state index is 13.1. The maximum absolute atomic E-state index is 13.1. The Bertz CT molecular complexity index is 767. The molecule has 2 aromatic rings. The number of aliphatic imine (C=N–C) groups is 1. The average Bonchev–Trinajstić information content (AvgIpc) is 2.56. The van der Waals surface area contributed by atoms with Crippen LogP contribution in [0.15, 0.2) is 71.6 Å². The van der Waals surface area contributed by atoms with Crippen LogP contribution >= 0.6 is 0 Å². The fraction of sp³-hybridized carbons (Fsp3) is 0.238. The van der Waals surface area contributed by atoms with E-state index >= 15 is 0 Å². The second-order valence-electron chi connectivity index (χ2n) is 6.03. The first kappa shape index (κ1) is 17.8. The summed E-state index contributed by atoms with van der Waals surface area (Å²) in [4.78, 5) is 9.08. The van der Waals surface area contributed by atoms with Gasteiger partial charge in [-0.2, -0.15) is 0 Å². The third kappa shape index (κ3) is 4.98. The summed E-state index contributed by atoms with van der Waals surface area (Å²) in [6, 6.07) is 8.70. The second kappa shape index (κ2) is 8.34. The van der Waals surface area contributed by atoms with Gasteiger partial charge in [-0.1, -0.05) is 24.3 Å².